The van der Waals surface area contributed by atoms with Gasteiger partial charge in [0.25, 0.3) is 0 Å². The van der Waals surface area contributed by atoms with Crippen LogP contribution in [0.1, 0.15) is 6.42 Å². The molecule has 1 fully saturated rings. The van der Waals surface area contributed by atoms with Crippen molar-refractivity contribution in [3.8, 4) is 0 Å². The van der Waals surface area contributed by atoms with Crippen molar-refractivity contribution in [3.05, 3.63) is 0 Å². The van der Waals surface area contributed by atoms with Crippen molar-refractivity contribution in [2.45, 2.75) is 24.6 Å². The molecule has 1 rings (SSSR count). The summed E-state index contributed by atoms with van der Waals surface area (Å²) in [5, 5.41) is 48.0. The molecule has 0 saturated carbocycles. The summed E-state index contributed by atoms with van der Waals surface area (Å²) in [4.78, 5) is 15.4. The Hall–Kier alpha value is -0.170. The minimum absolute atomic E-state index is 0.0762. The summed E-state index contributed by atoms with van der Waals surface area (Å²) in [5.41, 5.74) is 0. The fraction of sp³-hybridized carbons (Fsp3) is 1.00. The molecule has 1 saturated heterocycles. The molecular weight excluding hydrogens is 393 g/mol. The second-order valence-corrected chi connectivity index (χ2v) is 8.92. The van der Waals surface area contributed by atoms with Crippen LogP contribution >= 0.6 is 7.60 Å². The van der Waals surface area contributed by atoms with Gasteiger partial charge in [-0.2, -0.15) is 0 Å². The van der Waals surface area contributed by atoms with Gasteiger partial charge in [-0.05, 0) is 6.42 Å². The molecule has 0 bridgehead atoms. The third kappa shape index (κ3) is 8.29. The van der Waals surface area contributed by atoms with E-state index < -0.39 is 26.3 Å². The number of rotatable bonds is 11. The van der Waals surface area contributed by atoms with E-state index in [0.717, 1.165) is 0 Å². The summed E-state index contributed by atoms with van der Waals surface area (Å²) < 4.78 is 16.7. The van der Waals surface area contributed by atoms with E-state index in [2.05, 4.69) is 4.52 Å². The lowest BCUT2D eigenvalue weighted by atomic mass is 10.1. The molecule has 168 valence electrons. The normalized spacial score (nSPS) is 24.0. The van der Waals surface area contributed by atoms with Crippen LogP contribution in [0.2, 0.25) is 0 Å². The average Bonchev–Trinajstić information content (AvgIpc) is 2.78. The van der Waals surface area contributed by atoms with Crippen molar-refractivity contribution in [2.75, 3.05) is 79.1 Å². The highest BCUT2D eigenvalue weighted by Crippen LogP contribution is 2.41. The van der Waals surface area contributed by atoms with Gasteiger partial charge in [0.05, 0.1) is 32.0 Å². The minimum Gasteiger partial charge on any atom is -0.396 e. The van der Waals surface area contributed by atoms with Gasteiger partial charge in [-0.25, -0.2) is 0 Å². The van der Waals surface area contributed by atoms with E-state index >= 15 is 0 Å². The van der Waals surface area contributed by atoms with Crippen LogP contribution in [-0.2, 0) is 9.09 Å². The molecule has 0 spiro atoms. The predicted molar refractivity (Wildman–Crippen MR) is 103 cm³/mol. The first-order chi connectivity index (χ1) is 13.3. The molecule has 0 aromatic rings. The number of aliphatic hydroxyl groups is 5. The molecule has 0 amide bonds. The third-order valence-electron chi connectivity index (χ3n) is 5.22. The Kier molecular flexibility index (Phi) is 12.2. The highest BCUT2D eigenvalue weighted by atomic mass is 31.2. The van der Waals surface area contributed by atoms with Crippen LogP contribution in [0.15, 0.2) is 0 Å². The zero-order valence-corrected chi connectivity index (χ0v) is 17.4. The van der Waals surface area contributed by atoms with Crippen LogP contribution < -0.4 is 0 Å². The molecule has 6 N–H and O–H groups in total. The molecule has 1 aliphatic rings. The van der Waals surface area contributed by atoms with Crippen molar-refractivity contribution < 1.29 is 39.5 Å². The van der Waals surface area contributed by atoms with Crippen LogP contribution in [0.25, 0.3) is 0 Å². The van der Waals surface area contributed by atoms with E-state index in [1.165, 1.54) is 7.11 Å². The quantitative estimate of drug-likeness (QED) is 0.188. The van der Waals surface area contributed by atoms with Crippen LogP contribution in [0.3, 0.4) is 0 Å². The SMILES string of the molecule is COP(=O)(O)CN1CCN([C@H](CO)CCO)CCN([C@H](CO)[C@H](O)CO)CC1. The van der Waals surface area contributed by atoms with E-state index in [-0.39, 0.29) is 32.1 Å². The highest BCUT2D eigenvalue weighted by molar-refractivity contribution is 7.52. The lowest BCUT2D eigenvalue weighted by molar-refractivity contribution is -0.0177. The average molecular weight is 429 g/mol. The zero-order valence-electron chi connectivity index (χ0n) is 16.5. The fourth-order valence-corrected chi connectivity index (χ4v) is 4.33. The topological polar surface area (TPSA) is 157 Å². The summed E-state index contributed by atoms with van der Waals surface area (Å²) >= 11 is 0. The van der Waals surface area contributed by atoms with E-state index in [1.807, 2.05) is 9.80 Å². The molecule has 4 atom stereocenters. The van der Waals surface area contributed by atoms with Gasteiger partial charge in [0.1, 0.15) is 6.29 Å². The first kappa shape index (κ1) is 25.9. The minimum atomic E-state index is -3.77. The Balaban J connectivity index is 3.00. The molecule has 28 heavy (non-hydrogen) atoms. The predicted octanol–water partition coefficient (Wildman–Crippen LogP) is -2.85. The van der Waals surface area contributed by atoms with Gasteiger partial charge in [-0.1, -0.05) is 0 Å². The third-order valence-corrected chi connectivity index (χ3v) is 6.55. The first-order valence-electron chi connectivity index (χ1n) is 9.51. The Bertz CT molecular complexity index is 475. The fourth-order valence-electron chi connectivity index (χ4n) is 3.42. The van der Waals surface area contributed by atoms with E-state index in [4.69, 9.17) is 0 Å². The molecule has 1 heterocycles. The van der Waals surface area contributed by atoms with Gasteiger partial charge >= 0.3 is 7.60 Å². The second-order valence-electron chi connectivity index (χ2n) is 7.00. The Morgan fingerprint density at radius 3 is 2.00 bits per heavy atom. The van der Waals surface area contributed by atoms with Gasteiger partial charge < -0.3 is 34.9 Å². The van der Waals surface area contributed by atoms with E-state index in [1.54, 1.807) is 4.90 Å². The number of nitrogens with zero attached hydrogens (tertiary/aromatic N) is 3. The monoisotopic (exact) mass is 429 g/mol. The summed E-state index contributed by atoms with van der Waals surface area (Å²) in [6.07, 6.45) is -0.904. The smallest absolute Gasteiger partial charge is 0.341 e. The van der Waals surface area contributed by atoms with Crippen LogP contribution in [0, 0.1) is 0 Å². The van der Waals surface area contributed by atoms with Crippen molar-refractivity contribution >= 4 is 7.60 Å². The maximum Gasteiger partial charge on any atom is 0.341 e. The summed E-state index contributed by atoms with van der Waals surface area (Å²) in [5.74, 6) is 0. The van der Waals surface area contributed by atoms with E-state index in [0.29, 0.717) is 45.7 Å². The molecular formula is C16H36N3O8P. The maximum absolute atomic E-state index is 12.0. The van der Waals surface area contributed by atoms with Gasteiger partial charge in [-0.15, -0.1) is 0 Å². The summed E-state index contributed by atoms with van der Waals surface area (Å²) in [6, 6.07) is -0.953. The molecule has 0 aliphatic carbocycles. The lowest BCUT2D eigenvalue weighted by Crippen LogP contribution is -2.52. The van der Waals surface area contributed by atoms with Gasteiger partial charge in [0, 0.05) is 59.0 Å². The molecule has 11 nitrogen and oxygen atoms in total. The van der Waals surface area contributed by atoms with E-state index in [9.17, 15) is 35.0 Å². The largest absolute Gasteiger partial charge is 0.396 e. The molecule has 0 radical (unpaired) electrons. The molecule has 1 aliphatic heterocycles. The van der Waals surface area contributed by atoms with Crippen molar-refractivity contribution in [3.63, 3.8) is 0 Å². The van der Waals surface area contributed by atoms with Gasteiger partial charge in [0.15, 0.2) is 0 Å². The van der Waals surface area contributed by atoms with Crippen LogP contribution in [0.4, 0.5) is 0 Å². The Labute approximate surface area is 166 Å². The first-order valence-corrected chi connectivity index (χ1v) is 11.3. The number of hydrogen-bond acceptors (Lipinski definition) is 10. The number of aliphatic hydroxyl groups excluding tert-OH is 5. The van der Waals surface area contributed by atoms with Crippen LogP contribution in [-0.4, -0.2) is 142 Å². The molecule has 0 aromatic carbocycles. The lowest BCUT2D eigenvalue weighted by Gasteiger charge is -2.35. The zero-order chi connectivity index (χ0) is 21.2. The van der Waals surface area contributed by atoms with Crippen molar-refractivity contribution in [2.24, 2.45) is 0 Å². The standard InChI is InChI=1S/C16H36N3O8P/c1-27-28(25,26)13-17-3-5-18(14(10-21)2-9-20)7-8-19(6-4-17)15(11-22)16(24)12-23/h14-16,20-24H,2-13H2,1H3,(H,25,26)/t14-,15+,16+/m0/s1. The second kappa shape index (κ2) is 13.2. The van der Waals surface area contributed by atoms with Gasteiger partial charge in [-0.3, -0.25) is 19.3 Å². The number of hydrogen-bond donors (Lipinski definition) is 6. The van der Waals surface area contributed by atoms with Crippen molar-refractivity contribution in [1.82, 2.24) is 14.7 Å². The van der Waals surface area contributed by atoms with Gasteiger partial charge in [0.2, 0.25) is 0 Å². The Morgan fingerprint density at radius 2 is 1.50 bits per heavy atom. The molecule has 12 heteroatoms. The highest BCUT2D eigenvalue weighted by Gasteiger charge is 2.30. The summed E-state index contributed by atoms with van der Waals surface area (Å²) in [7, 11) is -2.59. The summed E-state index contributed by atoms with van der Waals surface area (Å²) in [6.45, 7) is 1.68. The Morgan fingerprint density at radius 1 is 0.929 bits per heavy atom. The molecule has 1 unspecified atom stereocenters. The molecule has 0 aromatic heterocycles. The van der Waals surface area contributed by atoms with Crippen molar-refractivity contribution in [1.29, 1.82) is 0 Å². The van der Waals surface area contributed by atoms with Crippen LogP contribution in [0.5, 0.6) is 0 Å². The maximum atomic E-state index is 12.0.